The maximum Gasteiger partial charge on any atom is 0.132 e. The number of hydrogen-bond donors (Lipinski definition) is 0. The van der Waals surface area contributed by atoms with Crippen molar-refractivity contribution in [2.24, 2.45) is 0 Å². The molecule has 0 N–H and O–H groups in total. The average molecular weight is 589 g/mol. The molecule has 0 aromatic heterocycles. The molecule has 0 saturated heterocycles. The van der Waals surface area contributed by atoms with Crippen LogP contribution in [-0.2, 0) is 10.8 Å². The summed E-state index contributed by atoms with van der Waals surface area (Å²) in [4.78, 5) is 0. The summed E-state index contributed by atoms with van der Waals surface area (Å²) in [5.74, 6) is 1.78. The van der Waals surface area contributed by atoms with Crippen LogP contribution >= 0.6 is 0 Å². The molecule has 0 fully saturated rings. The number of ether oxygens (including phenoxy) is 1. The zero-order chi connectivity index (χ0) is 30.7. The second-order valence-corrected chi connectivity index (χ2v) is 12.6. The van der Waals surface area contributed by atoms with Gasteiger partial charge < -0.3 is 4.74 Å². The Hall–Kier alpha value is -5.66. The maximum absolute atomic E-state index is 6.86. The fraction of sp³-hybridized carbons (Fsp3) is 0.0667. The molecule has 1 atom stereocenters. The summed E-state index contributed by atoms with van der Waals surface area (Å²) >= 11 is 0. The molecule has 7 aromatic rings. The fourth-order valence-electron chi connectivity index (χ4n) is 8.29. The maximum atomic E-state index is 6.86. The standard InChI is InChI=1S/C45H32O/c1-44(32-16-5-2-6-17-32)38-25-12-11-22-36(38)37-24-15-23-35(43(37)44)31-28-29-40-42(30-31)46-41-27-14-13-26-39(41)45(40,33-18-7-3-8-19-33)34-20-9-4-10-21-34/h2-30H,1H3. The van der Waals surface area contributed by atoms with Crippen LogP contribution in [0.4, 0.5) is 0 Å². The van der Waals surface area contributed by atoms with Gasteiger partial charge in [0.15, 0.2) is 0 Å². The lowest BCUT2D eigenvalue weighted by Gasteiger charge is -2.41. The van der Waals surface area contributed by atoms with Crippen molar-refractivity contribution in [1.29, 1.82) is 0 Å². The molecule has 1 heteroatoms. The Morgan fingerprint density at radius 1 is 0.391 bits per heavy atom. The monoisotopic (exact) mass is 588 g/mol. The smallest absolute Gasteiger partial charge is 0.132 e. The number of fused-ring (bicyclic) bond motifs is 5. The minimum atomic E-state index is -0.529. The Bertz CT molecular complexity index is 2190. The SMILES string of the molecule is CC1(c2ccccc2)c2ccccc2-c2cccc(-c3ccc4c(c3)Oc3ccccc3C4(c3ccccc3)c3ccccc3)c21. The molecular weight excluding hydrogens is 556 g/mol. The molecule has 1 aliphatic carbocycles. The molecule has 2 aliphatic rings. The van der Waals surface area contributed by atoms with Gasteiger partial charge in [0.05, 0.1) is 5.41 Å². The summed E-state index contributed by atoms with van der Waals surface area (Å²) in [6.07, 6.45) is 0. The zero-order valence-corrected chi connectivity index (χ0v) is 25.7. The molecule has 0 radical (unpaired) electrons. The van der Waals surface area contributed by atoms with Crippen LogP contribution in [0.5, 0.6) is 11.5 Å². The van der Waals surface area contributed by atoms with Gasteiger partial charge in [-0.05, 0) is 69.1 Å². The van der Waals surface area contributed by atoms with Crippen LogP contribution < -0.4 is 4.74 Å². The second kappa shape index (κ2) is 10.2. The number of para-hydroxylation sites is 1. The molecule has 1 unspecified atom stereocenters. The normalized spacial score (nSPS) is 16.8. The van der Waals surface area contributed by atoms with Crippen LogP contribution in [0.25, 0.3) is 22.3 Å². The molecule has 0 spiro atoms. The lowest BCUT2D eigenvalue weighted by molar-refractivity contribution is 0.434. The summed E-state index contributed by atoms with van der Waals surface area (Å²) in [6.45, 7) is 2.39. The molecule has 7 aromatic carbocycles. The van der Waals surface area contributed by atoms with Gasteiger partial charge in [-0.25, -0.2) is 0 Å². The van der Waals surface area contributed by atoms with Crippen molar-refractivity contribution in [3.63, 3.8) is 0 Å². The minimum Gasteiger partial charge on any atom is -0.457 e. The van der Waals surface area contributed by atoms with Crippen LogP contribution in [0.15, 0.2) is 176 Å². The zero-order valence-electron chi connectivity index (χ0n) is 25.7. The molecule has 0 amide bonds. The number of rotatable bonds is 4. The van der Waals surface area contributed by atoms with Crippen molar-refractivity contribution in [1.82, 2.24) is 0 Å². The first-order valence-corrected chi connectivity index (χ1v) is 16.0. The van der Waals surface area contributed by atoms with Crippen LogP contribution in [0.1, 0.15) is 45.9 Å². The van der Waals surface area contributed by atoms with Crippen molar-refractivity contribution < 1.29 is 4.74 Å². The van der Waals surface area contributed by atoms with Crippen molar-refractivity contribution in [3.05, 3.63) is 215 Å². The first kappa shape index (κ1) is 26.7. The summed E-state index contributed by atoms with van der Waals surface area (Å²) in [5, 5.41) is 0. The van der Waals surface area contributed by atoms with Gasteiger partial charge in [-0.1, -0.05) is 164 Å². The number of benzene rings is 7. The Labute approximate surface area is 270 Å². The van der Waals surface area contributed by atoms with E-state index in [0.29, 0.717) is 0 Å². The lowest BCUT2D eigenvalue weighted by atomic mass is 9.63. The van der Waals surface area contributed by atoms with E-state index in [-0.39, 0.29) is 5.41 Å². The van der Waals surface area contributed by atoms with Gasteiger partial charge in [-0.2, -0.15) is 0 Å². The first-order chi connectivity index (χ1) is 22.7. The Morgan fingerprint density at radius 2 is 0.913 bits per heavy atom. The largest absolute Gasteiger partial charge is 0.457 e. The van der Waals surface area contributed by atoms with E-state index >= 15 is 0 Å². The third kappa shape index (κ3) is 3.63. The van der Waals surface area contributed by atoms with E-state index in [9.17, 15) is 0 Å². The molecule has 0 bridgehead atoms. The minimum absolute atomic E-state index is 0.301. The van der Waals surface area contributed by atoms with Crippen LogP contribution in [0.2, 0.25) is 0 Å². The van der Waals surface area contributed by atoms with Gasteiger partial charge >= 0.3 is 0 Å². The van der Waals surface area contributed by atoms with Crippen LogP contribution in [0, 0.1) is 0 Å². The topological polar surface area (TPSA) is 9.23 Å². The highest BCUT2D eigenvalue weighted by molar-refractivity contribution is 5.90. The Kier molecular flexibility index (Phi) is 5.92. The summed E-state index contributed by atoms with van der Waals surface area (Å²) in [5.41, 5.74) is 12.9. The Balaban J connectivity index is 1.31. The van der Waals surface area contributed by atoms with Gasteiger partial charge in [-0.3, -0.25) is 0 Å². The third-order valence-electron chi connectivity index (χ3n) is 10.3. The first-order valence-electron chi connectivity index (χ1n) is 16.0. The van der Waals surface area contributed by atoms with Crippen molar-refractivity contribution in [2.75, 3.05) is 0 Å². The molecule has 1 nitrogen and oxygen atoms in total. The molecule has 218 valence electrons. The lowest BCUT2D eigenvalue weighted by Crippen LogP contribution is -2.34. The van der Waals surface area contributed by atoms with Crippen LogP contribution in [0.3, 0.4) is 0 Å². The second-order valence-electron chi connectivity index (χ2n) is 12.6. The molecule has 1 aliphatic heterocycles. The van der Waals surface area contributed by atoms with Gasteiger partial charge in [0, 0.05) is 16.5 Å². The fourth-order valence-corrected chi connectivity index (χ4v) is 8.29. The van der Waals surface area contributed by atoms with E-state index in [1.54, 1.807) is 0 Å². The highest BCUT2D eigenvalue weighted by Crippen LogP contribution is 2.58. The van der Waals surface area contributed by atoms with Gasteiger partial charge in [0.2, 0.25) is 0 Å². The van der Waals surface area contributed by atoms with Crippen LogP contribution in [-0.4, -0.2) is 0 Å². The van der Waals surface area contributed by atoms with Gasteiger partial charge in [-0.15, -0.1) is 0 Å². The average Bonchev–Trinajstić information content (AvgIpc) is 3.40. The molecule has 9 rings (SSSR count). The highest BCUT2D eigenvalue weighted by Gasteiger charge is 2.46. The molecule has 1 heterocycles. The summed E-state index contributed by atoms with van der Waals surface area (Å²) in [7, 11) is 0. The summed E-state index contributed by atoms with van der Waals surface area (Å²) in [6, 6.07) is 63.8. The van der Waals surface area contributed by atoms with E-state index in [1.807, 2.05) is 0 Å². The molecule has 0 saturated carbocycles. The molecule has 46 heavy (non-hydrogen) atoms. The quantitative estimate of drug-likeness (QED) is 0.199. The van der Waals surface area contributed by atoms with Crippen molar-refractivity contribution >= 4 is 0 Å². The Morgan fingerprint density at radius 3 is 1.61 bits per heavy atom. The third-order valence-corrected chi connectivity index (χ3v) is 10.3. The molecular formula is C45H32O. The van der Waals surface area contributed by atoms with Gasteiger partial charge in [0.25, 0.3) is 0 Å². The highest BCUT2D eigenvalue weighted by atomic mass is 16.5. The van der Waals surface area contributed by atoms with Gasteiger partial charge in [0.1, 0.15) is 11.5 Å². The van der Waals surface area contributed by atoms with E-state index in [4.69, 9.17) is 4.74 Å². The van der Waals surface area contributed by atoms with E-state index in [2.05, 4.69) is 183 Å². The summed E-state index contributed by atoms with van der Waals surface area (Å²) < 4.78 is 6.86. The predicted molar refractivity (Wildman–Crippen MR) is 188 cm³/mol. The van der Waals surface area contributed by atoms with E-state index in [1.165, 1.54) is 44.5 Å². The predicted octanol–water partition coefficient (Wildman–Crippen LogP) is 11.2. The number of hydrogen-bond acceptors (Lipinski definition) is 1. The van der Waals surface area contributed by atoms with E-state index < -0.39 is 5.41 Å². The van der Waals surface area contributed by atoms with E-state index in [0.717, 1.165) is 28.2 Å². The van der Waals surface area contributed by atoms with Crippen molar-refractivity contribution in [2.45, 2.75) is 17.8 Å². The van der Waals surface area contributed by atoms with Crippen molar-refractivity contribution in [3.8, 4) is 33.8 Å².